The maximum Gasteiger partial charge on any atom is 0.255 e. The Hall–Kier alpha value is -1.11. The first-order valence-corrected chi connectivity index (χ1v) is 9.46. The molecule has 1 aromatic rings. The van der Waals surface area contributed by atoms with E-state index in [0.29, 0.717) is 30.2 Å². The number of likely N-dealkylation sites (tertiary alicyclic amines) is 1. The van der Waals surface area contributed by atoms with Crippen LogP contribution in [-0.2, 0) is 4.79 Å². The Bertz CT molecular complexity index is 626. The van der Waals surface area contributed by atoms with Crippen LogP contribution in [0.25, 0.3) is 0 Å². The molecule has 0 bridgehead atoms. The van der Waals surface area contributed by atoms with E-state index >= 15 is 0 Å². The van der Waals surface area contributed by atoms with Crippen molar-refractivity contribution in [1.82, 2.24) is 14.7 Å². The van der Waals surface area contributed by atoms with E-state index in [2.05, 4.69) is 20.8 Å². The van der Waals surface area contributed by atoms with Crippen LogP contribution >= 0.6 is 27.5 Å². The number of halogens is 2. The molecule has 2 amide bonds. The molecule has 2 saturated heterocycles. The number of hydrogen-bond donors (Lipinski definition) is 0. The third-order valence-corrected chi connectivity index (χ3v) is 5.46. The molecule has 130 valence electrons. The highest BCUT2D eigenvalue weighted by atomic mass is 79.9. The van der Waals surface area contributed by atoms with Gasteiger partial charge in [-0.2, -0.15) is 0 Å². The average Bonchev–Trinajstić information content (AvgIpc) is 3.12. The lowest BCUT2D eigenvalue weighted by Gasteiger charge is -2.35. The molecule has 2 aliphatic heterocycles. The predicted molar refractivity (Wildman–Crippen MR) is 97.3 cm³/mol. The van der Waals surface area contributed by atoms with Crippen molar-refractivity contribution >= 4 is 39.3 Å². The van der Waals surface area contributed by atoms with Crippen molar-refractivity contribution in [2.24, 2.45) is 0 Å². The molecule has 0 unspecified atom stereocenters. The van der Waals surface area contributed by atoms with E-state index in [4.69, 9.17) is 11.6 Å². The largest absolute Gasteiger partial charge is 0.342 e. The molecular formula is C17H21BrClN3O2. The van der Waals surface area contributed by atoms with Crippen LogP contribution in [0, 0.1) is 0 Å². The molecule has 0 spiro atoms. The van der Waals surface area contributed by atoms with Crippen LogP contribution < -0.4 is 0 Å². The van der Waals surface area contributed by atoms with Crippen LogP contribution in [-0.4, -0.2) is 72.3 Å². The summed E-state index contributed by atoms with van der Waals surface area (Å²) >= 11 is 9.53. The van der Waals surface area contributed by atoms with E-state index in [0.717, 1.165) is 43.5 Å². The van der Waals surface area contributed by atoms with E-state index in [1.54, 1.807) is 12.1 Å². The molecule has 0 aromatic heterocycles. The van der Waals surface area contributed by atoms with Gasteiger partial charge >= 0.3 is 0 Å². The Balaban J connectivity index is 1.53. The Morgan fingerprint density at radius 1 is 1.00 bits per heavy atom. The second-order valence-corrected chi connectivity index (χ2v) is 7.60. The van der Waals surface area contributed by atoms with Gasteiger partial charge in [-0.05, 0) is 31.0 Å². The summed E-state index contributed by atoms with van der Waals surface area (Å²) in [6.07, 6.45) is 2.23. The van der Waals surface area contributed by atoms with Crippen molar-refractivity contribution in [3.63, 3.8) is 0 Å². The van der Waals surface area contributed by atoms with E-state index in [9.17, 15) is 9.59 Å². The lowest BCUT2D eigenvalue weighted by molar-refractivity contribution is -0.131. The molecule has 0 aliphatic carbocycles. The van der Waals surface area contributed by atoms with Gasteiger partial charge < -0.3 is 9.80 Å². The number of carbonyl (C=O) groups excluding carboxylic acids is 2. The number of benzene rings is 1. The second kappa shape index (κ2) is 7.85. The normalized spacial score (nSPS) is 18.9. The van der Waals surface area contributed by atoms with Crippen LogP contribution in [0.5, 0.6) is 0 Å². The summed E-state index contributed by atoms with van der Waals surface area (Å²) in [5, 5.41) is 0.467. The van der Waals surface area contributed by atoms with Gasteiger partial charge in [0.25, 0.3) is 5.91 Å². The van der Waals surface area contributed by atoms with E-state index in [1.165, 1.54) is 0 Å². The van der Waals surface area contributed by atoms with Crippen LogP contribution in [0.15, 0.2) is 22.7 Å². The molecule has 2 aliphatic rings. The summed E-state index contributed by atoms with van der Waals surface area (Å²) in [7, 11) is 0. The van der Waals surface area contributed by atoms with E-state index < -0.39 is 0 Å². The minimum absolute atomic E-state index is 0.0492. The quantitative estimate of drug-likeness (QED) is 0.763. The summed E-state index contributed by atoms with van der Waals surface area (Å²) < 4.78 is 0.838. The third-order valence-electron chi connectivity index (χ3n) is 4.64. The van der Waals surface area contributed by atoms with Gasteiger partial charge in [0.05, 0.1) is 17.1 Å². The summed E-state index contributed by atoms with van der Waals surface area (Å²) in [6, 6.07) is 5.30. The summed E-state index contributed by atoms with van der Waals surface area (Å²) in [6.45, 7) is 4.91. The standard InChI is InChI=1S/C17H21BrClN3O2/c18-13-3-4-15(19)14(11-13)17(24)22-9-7-20(8-10-22)12-16(23)21-5-1-2-6-21/h3-4,11H,1-2,5-10,12H2. The molecular weight excluding hydrogens is 394 g/mol. The Kier molecular flexibility index (Phi) is 5.79. The zero-order valence-corrected chi connectivity index (χ0v) is 15.9. The van der Waals surface area contributed by atoms with E-state index in [1.807, 2.05) is 15.9 Å². The molecule has 2 heterocycles. The molecule has 0 N–H and O–H groups in total. The molecule has 7 heteroatoms. The molecule has 3 rings (SSSR count). The van der Waals surface area contributed by atoms with Gasteiger partial charge in [0.2, 0.25) is 5.91 Å². The molecule has 0 saturated carbocycles. The Morgan fingerprint density at radius 3 is 2.33 bits per heavy atom. The molecule has 1 aromatic carbocycles. The predicted octanol–water partition coefficient (Wildman–Crippen LogP) is 2.48. The third kappa shape index (κ3) is 4.10. The van der Waals surface area contributed by atoms with Gasteiger partial charge in [0.15, 0.2) is 0 Å². The van der Waals surface area contributed by atoms with Gasteiger partial charge in [-0.3, -0.25) is 14.5 Å². The lowest BCUT2D eigenvalue weighted by Crippen LogP contribution is -2.51. The zero-order chi connectivity index (χ0) is 17.1. The van der Waals surface area contributed by atoms with Gasteiger partial charge in [-0.1, -0.05) is 27.5 Å². The first kappa shape index (κ1) is 17.7. The summed E-state index contributed by atoms with van der Waals surface area (Å²) in [5.41, 5.74) is 0.521. The van der Waals surface area contributed by atoms with Crippen LogP contribution in [0.1, 0.15) is 23.2 Å². The number of piperazine rings is 1. The highest BCUT2D eigenvalue weighted by molar-refractivity contribution is 9.10. The number of rotatable bonds is 3. The van der Waals surface area contributed by atoms with Gasteiger partial charge in [-0.25, -0.2) is 0 Å². The molecule has 0 radical (unpaired) electrons. The zero-order valence-electron chi connectivity index (χ0n) is 13.5. The van der Waals surface area contributed by atoms with Gasteiger partial charge in [0, 0.05) is 43.7 Å². The Labute approximate surface area is 155 Å². The summed E-state index contributed by atoms with van der Waals surface area (Å²) in [4.78, 5) is 30.7. The monoisotopic (exact) mass is 413 g/mol. The second-order valence-electron chi connectivity index (χ2n) is 6.28. The van der Waals surface area contributed by atoms with Gasteiger partial charge in [0.1, 0.15) is 0 Å². The van der Waals surface area contributed by atoms with Crippen molar-refractivity contribution in [3.8, 4) is 0 Å². The van der Waals surface area contributed by atoms with Crippen molar-refractivity contribution in [2.45, 2.75) is 12.8 Å². The van der Waals surface area contributed by atoms with Crippen molar-refractivity contribution in [1.29, 1.82) is 0 Å². The number of nitrogens with zero attached hydrogens (tertiary/aromatic N) is 3. The maximum absolute atomic E-state index is 12.6. The minimum Gasteiger partial charge on any atom is -0.342 e. The fourth-order valence-electron chi connectivity index (χ4n) is 3.20. The summed E-state index contributed by atoms with van der Waals surface area (Å²) in [5.74, 6) is 0.161. The van der Waals surface area contributed by atoms with Crippen LogP contribution in [0.2, 0.25) is 5.02 Å². The first-order chi connectivity index (χ1) is 11.5. The SMILES string of the molecule is O=C(CN1CCN(C(=O)c2cc(Br)ccc2Cl)CC1)N1CCCC1. The van der Waals surface area contributed by atoms with Crippen molar-refractivity contribution in [3.05, 3.63) is 33.3 Å². The van der Waals surface area contributed by atoms with Gasteiger partial charge in [-0.15, -0.1) is 0 Å². The van der Waals surface area contributed by atoms with E-state index in [-0.39, 0.29) is 11.8 Å². The van der Waals surface area contributed by atoms with Crippen LogP contribution in [0.3, 0.4) is 0 Å². The first-order valence-electron chi connectivity index (χ1n) is 8.29. The van der Waals surface area contributed by atoms with Crippen LogP contribution in [0.4, 0.5) is 0 Å². The van der Waals surface area contributed by atoms with Crippen molar-refractivity contribution in [2.75, 3.05) is 45.8 Å². The maximum atomic E-state index is 12.6. The number of carbonyl (C=O) groups is 2. The molecule has 5 nitrogen and oxygen atoms in total. The van der Waals surface area contributed by atoms with Crippen molar-refractivity contribution < 1.29 is 9.59 Å². The topological polar surface area (TPSA) is 43.9 Å². The molecule has 24 heavy (non-hydrogen) atoms. The number of hydrogen-bond acceptors (Lipinski definition) is 3. The molecule has 0 atom stereocenters. The Morgan fingerprint density at radius 2 is 1.67 bits per heavy atom. The minimum atomic E-state index is -0.0492. The fourth-order valence-corrected chi connectivity index (χ4v) is 3.76. The molecule has 2 fully saturated rings. The number of amides is 2. The highest BCUT2D eigenvalue weighted by Gasteiger charge is 2.26. The fraction of sp³-hybridized carbons (Fsp3) is 0.529. The highest BCUT2D eigenvalue weighted by Crippen LogP contribution is 2.23. The average molecular weight is 415 g/mol. The lowest BCUT2D eigenvalue weighted by atomic mass is 10.2. The smallest absolute Gasteiger partial charge is 0.255 e.